The molecular formula is C14H20ClNOS. The van der Waals surface area contributed by atoms with Crippen molar-refractivity contribution in [2.45, 2.75) is 43.1 Å². The predicted octanol–water partition coefficient (Wildman–Crippen LogP) is 3.96. The van der Waals surface area contributed by atoms with E-state index in [2.05, 4.69) is 0 Å². The van der Waals surface area contributed by atoms with Crippen LogP contribution in [0.15, 0.2) is 23.1 Å². The standard InChI is InChI=1S/C14H20ClNOS/c15-11-5-6-13(16)14(8-11)18-9-12(17)7-10-3-1-2-4-10/h5-6,8,10,12,17H,1-4,7,9,16H2. The number of rotatable bonds is 5. The fourth-order valence-corrected chi connectivity index (χ4v) is 3.71. The highest BCUT2D eigenvalue weighted by atomic mass is 35.5. The molecule has 1 saturated carbocycles. The lowest BCUT2D eigenvalue weighted by Crippen LogP contribution is -2.14. The molecule has 1 aromatic rings. The zero-order chi connectivity index (χ0) is 13.0. The lowest BCUT2D eigenvalue weighted by molar-refractivity contribution is 0.166. The van der Waals surface area contributed by atoms with Crippen molar-refractivity contribution < 1.29 is 5.11 Å². The molecule has 100 valence electrons. The third-order valence-corrected chi connectivity index (χ3v) is 4.94. The highest BCUT2D eigenvalue weighted by Crippen LogP contribution is 2.32. The molecule has 0 aromatic heterocycles. The second kappa shape index (κ2) is 6.69. The summed E-state index contributed by atoms with van der Waals surface area (Å²) in [7, 11) is 0. The Labute approximate surface area is 118 Å². The molecule has 0 bridgehead atoms. The van der Waals surface area contributed by atoms with Crippen LogP contribution in [0.2, 0.25) is 5.02 Å². The van der Waals surface area contributed by atoms with Gasteiger partial charge in [-0.25, -0.2) is 0 Å². The summed E-state index contributed by atoms with van der Waals surface area (Å²) in [4.78, 5) is 0.966. The van der Waals surface area contributed by atoms with Gasteiger partial charge in [0.1, 0.15) is 0 Å². The minimum atomic E-state index is -0.239. The van der Waals surface area contributed by atoms with Crippen molar-refractivity contribution in [1.29, 1.82) is 0 Å². The van der Waals surface area contributed by atoms with Gasteiger partial charge in [0.25, 0.3) is 0 Å². The lowest BCUT2D eigenvalue weighted by atomic mass is 10.0. The van der Waals surface area contributed by atoms with E-state index in [1.165, 1.54) is 25.7 Å². The molecule has 0 amide bonds. The molecule has 0 saturated heterocycles. The second-order valence-electron chi connectivity index (χ2n) is 5.03. The smallest absolute Gasteiger partial charge is 0.0636 e. The van der Waals surface area contributed by atoms with Crippen LogP contribution in [0.3, 0.4) is 0 Å². The number of aliphatic hydroxyl groups is 1. The van der Waals surface area contributed by atoms with E-state index in [0.29, 0.717) is 10.8 Å². The monoisotopic (exact) mass is 285 g/mol. The molecule has 1 aromatic carbocycles. The summed E-state index contributed by atoms with van der Waals surface area (Å²) in [5.74, 6) is 1.42. The van der Waals surface area contributed by atoms with Crippen LogP contribution in [-0.2, 0) is 0 Å². The van der Waals surface area contributed by atoms with Crippen molar-refractivity contribution in [3.63, 3.8) is 0 Å². The van der Waals surface area contributed by atoms with Gasteiger partial charge in [-0.3, -0.25) is 0 Å². The minimum absolute atomic E-state index is 0.239. The number of halogens is 1. The molecule has 2 nitrogen and oxygen atoms in total. The molecule has 2 rings (SSSR count). The molecule has 3 N–H and O–H groups in total. The largest absolute Gasteiger partial charge is 0.398 e. The summed E-state index contributed by atoms with van der Waals surface area (Å²) in [5, 5.41) is 10.7. The van der Waals surface area contributed by atoms with Gasteiger partial charge in [0.2, 0.25) is 0 Å². The van der Waals surface area contributed by atoms with E-state index in [1.54, 1.807) is 17.8 Å². The van der Waals surface area contributed by atoms with Gasteiger partial charge in [-0.15, -0.1) is 11.8 Å². The topological polar surface area (TPSA) is 46.2 Å². The molecule has 0 spiro atoms. The first kappa shape index (κ1) is 14.0. The molecule has 1 aliphatic rings. The Hall–Kier alpha value is -0.380. The summed E-state index contributed by atoms with van der Waals surface area (Å²) in [6.45, 7) is 0. The Morgan fingerprint density at radius 1 is 1.39 bits per heavy atom. The van der Waals surface area contributed by atoms with Crippen LogP contribution in [0.4, 0.5) is 5.69 Å². The highest BCUT2D eigenvalue weighted by molar-refractivity contribution is 7.99. The van der Waals surface area contributed by atoms with Gasteiger partial charge < -0.3 is 10.8 Å². The van der Waals surface area contributed by atoms with Crippen molar-refractivity contribution in [2.24, 2.45) is 5.92 Å². The van der Waals surface area contributed by atoms with Crippen LogP contribution in [-0.4, -0.2) is 17.0 Å². The summed E-state index contributed by atoms with van der Waals surface area (Å²) in [6.07, 6.45) is 5.89. The molecule has 0 aliphatic heterocycles. The third-order valence-electron chi connectivity index (χ3n) is 3.49. The maximum absolute atomic E-state index is 10.0. The SMILES string of the molecule is Nc1ccc(Cl)cc1SCC(O)CC1CCCC1. The first-order valence-corrected chi connectivity index (χ1v) is 7.87. The number of benzene rings is 1. The number of nitrogen functional groups attached to an aromatic ring is 1. The predicted molar refractivity (Wildman–Crippen MR) is 79.2 cm³/mol. The molecule has 4 heteroatoms. The Morgan fingerprint density at radius 2 is 2.11 bits per heavy atom. The number of anilines is 1. The number of aliphatic hydroxyl groups excluding tert-OH is 1. The van der Waals surface area contributed by atoms with Crippen molar-refractivity contribution in [2.75, 3.05) is 11.5 Å². The lowest BCUT2D eigenvalue weighted by Gasteiger charge is -2.15. The van der Waals surface area contributed by atoms with Crippen LogP contribution in [0, 0.1) is 5.92 Å². The number of thioether (sulfide) groups is 1. The molecule has 1 aliphatic carbocycles. The molecule has 1 atom stereocenters. The Bertz CT molecular complexity index is 393. The van der Waals surface area contributed by atoms with Crippen molar-refractivity contribution in [3.05, 3.63) is 23.2 Å². The van der Waals surface area contributed by atoms with Crippen molar-refractivity contribution >= 4 is 29.1 Å². The van der Waals surface area contributed by atoms with Gasteiger partial charge in [-0.2, -0.15) is 0 Å². The molecule has 1 unspecified atom stereocenters. The summed E-state index contributed by atoms with van der Waals surface area (Å²) < 4.78 is 0. The fraction of sp³-hybridized carbons (Fsp3) is 0.571. The van der Waals surface area contributed by atoms with Gasteiger partial charge in [-0.05, 0) is 30.5 Å². The second-order valence-corrected chi connectivity index (χ2v) is 6.53. The number of hydrogen-bond donors (Lipinski definition) is 2. The molecule has 0 heterocycles. The van der Waals surface area contributed by atoms with Crippen LogP contribution < -0.4 is 5.73 Å². The molecule has 0 radical (unpaired) electrons. The normalized spacial score (nSPS) is 18.1. The quantitative estimate of drug-likeness (QED) is 0.636. The number of hydrogen-bond acceptors (Lipinski definition) is 3. The Balaban J connectivity index is 1.81. The third kappa shape index (κ3) is 4.08. The van der Waals surface area contributed by atoms with E-state index in [-0.39, 0.29) is 6.10 Å². The minimum Gasteiger partial charge on any atom is -0.398 e. The van der Waals surface area contributed by atoms with Crippen LogP contribution in [0.5, 0.6) is 0 Å². The van der Waals surface area contributed by atoms with E-state index in [0.717, 1.165) is 22.9 Å². The summed E-state index contributed by atoms with van der Waals surface area (Å²) >= 11 is 7.53. The van der Waals surface area contributed by atoms with Gasteiger partial charge in [0.05, 0.1) is 6.10 Å². The zero-order valence-corrected chi connectivity index (χ0v) is 12.0. The van der Waals surface area contributed by atoms with Crippen LogP contribution >= 0.6 is 23.4 Å². The van der Waals surface area contributed by atoms with Crippen LogP contribution in [0.25, 0.3) is 0 Å². The fourth-order valence-electron chi connectivity index (χ4n) is 2.52. The maximum atomic E-state index is 10.0. The first-order valence-electron chi connectivity index (χ1n) is 6.51. The Morgan fingerprint density at radius 3 is 2.83 bits per heavy atom. The van der Waals surface area contributed by atoms with E-state index in [4.69, 9.17) is 17.3 Å². The summed E-state index contributed by atoms with van der Waals surface area (Å²) in [5.41, 5.74) is 6.61. The average Bonchev–Trinajstić information content (AvgIpc) is 2.83. The summed E-state index contributed by atoms with van der Waals surface area (Å²) in [6, 6.07) is 5.47. The maximum Gasteiger partial charge on any atom is 0.0636 e. The highest BCUT2D eigenvalue weighted by Gasteiger charge is 2.19. The van der Waals surface area contributed by atoms with Gasteiger partial charge >= 0.3 is 0 Å². The molecular weight excluding hydrogens is 266 g/mol. The van der Waals surface area contributed by atoms with E-state index >= 15 is 0 Å². The zero-order valence-electron chi connectivity index (χ0n) is 10.4. The number of nitrogens with two attached hydrogens (primary N) is 1. The van der Waals surface area contributed by atoms with E-state index < -0.39 is 0 Å². The average molecular weight is 286 g/mol. The van der Waals surface area contributed by atoms with E-state index in [9.17, 15) is 5.11 Å². The van der Waals surface area contributed by atoms with Crippen molar-refractivity contribution in [3.8, 4) is 0 Å². The molecule has 1 fully saturated rings. The molecule has 18 heavy (non-hydrogen) atoms. The van der Waals surface area contributed by atoms with Crippen LogP contribution in [0.1, 0.15) is 32.1 Å². The van der Waals surface area contributed by atoms with Gasteiger partial charge in [0, 0.05) is 21.4 Å². The van der Waals surface area contributed by atoms with Gasteiger partial charge in [0.15, 0.2) is 0 Å². The van der Waals surface area contributed by atoms with Crippen molar-refractivity contribution in [1.82, 2.24) is 0 Å². The van der Waals surface area contributed by atoms with Gasteiger partial charge in [-0.1, -0.05) is 37.3 Å². The Kier molecular flexibility index (Phi) is 5.22. The first-order chi connectivity index (χ1) is 8.65. The van der Waals surface area contributed by atoms with E-state index in [1.807, 2.05) is 12.1 Å².